The Kier molecular flexibility index (Phi) is 5.11. The van der Waals surface area contributed by atoms with Crippen LogP contribution in [0.25, 0.3) is 10.8 Å². The second-order valence-electron chi connectivity index (χ2n) is 5.48. The van der Waals surface area contributed by atoms with Gasteiger partial charge < -0.3 is 4.74 Å². The Bertz CT molecular complexity index is 984. The molecule has 0 saturated carbocycles. The lowest BCUT2D eigenvalue weighted by atomic mass is 10.1. The molecule has 3 aromatic carbocycles. The molecular formula is C19H17NO4S. The van der Waals surface area contributed by atoms with Crippen LogP contribution in [0.5, 0.6) is 0 Å². The van der Waals surface area contributed by atoms with Gasteiger partial charge in [0.1, 0.15) is 13.2 Å². The van der Waals surface area contributed by atoms with Crippen LogP contribution in [0, 0.1) is 0 Å². The molecule has 3 aromatic rings. The van der Waals surface area contributed by atoms with Crippen LogP contribution in [0.2, 0.25) is 0 Å². The summed E-state index contributed by atoms with van der Waals surface area (Å²) in [6.45, 7) is -0.318. The van der Waals surface area contributed by atoms with Gasteiger partial charge in [-0.3, -0.25) is 4.79 Å². The van der Waals surface area contributed by atoms with E-state index in [9.17, 15) is 13.2 Å². The second-order valence-corrected chi connectivity index (χ2v) is 7.25. The molecule has 128 valence electrons. The SMILES string of the molecule is O=C(CNS(=O)(=O)c1ccccc1)OCc1ccc2ccccc2c1. The Morgan fingerprint density at radius 2 is 1.56 bits per heavy atom. The quantitative estimate of drug-likeness (QED) is 0.690. The Morgan fingerprint density at radius 3 is 2.32 bits per heavy atom. The summed E-state index contributed by atoms with van der Waals surface area (Å²) in [5, 5.41) is 2.16. The fourth-order valence-electron chi connectivity index (χ4n) is 2.38. The molecule has 0 aliphatic carbocycles. The molecule has 0 aliphatic rings. The highest BCUT2D eigenvalue weighted by Gasteiger charge is 2.15. The van der Waals surface area contributed by atoms with Crippen molar-refractivity contribution < 1.29 is 17.9 Å². The van der Waals surface area contributed by atoms with Crippen molar-refractivity contribution in [3.8, 4) is 0 Å². The first-order chi connectivity index (χ1) is 12.0. The van der Waals surface area contributed by atoms with Gasteiger partial charge >= 0.3 is 5.97 Å². The minimum Gasteiger partial charge on any atom is -0.460 e. The molecule has 0 bridgehead atoms. The van der Waals surface area contributed by atoms with Crippen LogP contribution < -0.4 is 4.72 Å². The van der Waals surface area contributed by atoms with Crippen molar-refractivity contribution in [3.05, 3.63) is 78.4 Å². The van der Waals surface area contributed by atoms with Crippen molar-refractivity contribution in [2.45, 2.75) is 11.5 Å². The zero-order valence-electron chi connectivity index (χ0n) is 13.4. The molecule has 0 unspecified atom stereocenters. The number of benzene rings is 3. The van der Waals surface area contributed by atoms with Crippen molar-refractivity contribution in [1.29, 1.82) is 0 Å². The summed E-state index contributed by atoms with van der Waals surface area (Å²) in [4.78, 5) is 11.9. The molecule has 6 heteroatoms. The van der Waals surface area contributed by atoms with Gasteiger partial charge in [-0.05, 0) is 34.5 Å². The molecule has 0 spiro atoms. The van der Waals surface area contributed by atoms with E-state index in [4.69, 9.17) is 4.74 Å². The molecule has 0 radical (unpaired) electrons. The zero-order chi connectivity index (χ0) is 17.7. The molecule has 3 rings (SSSR count). The average molecular weight is 355 g/mol. The monoisotopic (exact) mass is 355 g/mol. The Morgan fingerprint density at radius 1 is 0.880 bits per heavy atom. The maximum atomic E-state index is 12.0. The number of hydrogen-bond donors (Lipinski definition) is 1. The predicted octanol–water partition coefficient (Wildman–Crippen LogP) is 2.86. The number of sulfonamides is 1. The summed E-state index contributed by atoms with van der Waals surface area (Å²) in [6.07, 6.45) is 0. The lowest BCUT2D eigenvalue weighted by molar-refractivity contribution is -0.143. The molecule has 1 N–H and O–H groups in total. The third-order valence-corrected chi connectivity index (χ3v) is 5.09. The summed E-state index contributed by atoms with van der Waals surface area (Å²) in [6, 6.07) is 21.5. The van der Waals surface area contributed by atoms with Crippen LogP contribution in [0.1, 0.15) is 5.56 Å². The van der Waals surface area contributed by atoms with Crippen molar-refractivity contribution in [2.75, 3.05) is 6.54 Å². The van der Waals surface area contributed by atoms with E-state index in [2.05, 4.69) is 4.72 Å². The molecule has 0 heterocycles. The van der Waals surface area contributed by atoms with Gasteiger partial charge in [-0.25, -0.2) is 8.42 Å². The van der Waals surface area contributed by atoms with E-state index >= 15 is 0 Å². The Labute approximate surface area is 146 Å². The highest BCUT2D eigenvalue weighted by molar-refractivity contribution is 7.89. The standard InChI is InChI=1S/C19H17NO4S/c21-19(13-20-25(22,23)18-8-2-1-3-9-18)24-14-15-10-11-16-6-4-5-7-17(16)12-15/h1-12,20H,13-14H2. The van der Waals surface area contributed by atoms with Gasteiger partial charge in [-0.1, -0.05) is 54.6 Å². The van der Waals surface area contributed by atoms with E-state index in [-0.39, 0.29) is 11.5 Å². The van der Waals surface area contributed by atoms with Crippen LogP contribution >= 0.6 is 0 Å². The Hall–Kier alpha value is -2.70. The molecular weight excluding hydrogens is 338 g/mol. The van der Waals surface area contributed by atoms with E-state index in [0.717, 1.165) is 16.3 Å². The fraction of sp³-hybridized carbons (Fsp3) is 0.105. The number of hydrogen-bond acceptors (Lipinski definition) is 4. The third kappa shape index (κ3) is 4.43. The van der Waals surface area contributed by atoms with Gasteiger partial charge in [-0.15, -0.1) is 0 Å². The van der Waals surface area contributed by atoms with E-state index in [1.54, 1.807) is 18.2 Å². The number of carbonyl (C=O) groups excluding carboxylic acids is 1. The van der Waals surface area contributed by atoms with Crippen LogP contribution in [0.4, 0.5) is 0 Å². The number of fused-ring (bicyclic) bond motifs is 1. The zero-order valence-corrected chi connectivity index (χ0v) is 14.2. The third-order valence-electron chi connectivity index (χ3n) is 3.67. The highest BCUT2D eigenvalue weighted by Crippen LogP contribution is 2.16. The van der Waals surface area contributed by atoms with Gasteiger partial charge in [-0.2, -0.15) is 4.72 Å². The molecule has 0 aromatic heterocycles. The fourth-order valence-corrected chi connectivity index (χ4v) is 3.37. The van der Waals surface area contributed by atoms with Crippen LogP contribution in [-0.2, 0) is 26.2 Å². The molecule has 0 aliphatic heterocycles. The first-order valence-electron chi connectivity index (χ1n) is 7.73. The van der Waals surface area contributed by atoms with Gasteiger partial charge in [0.15, 0.2) is 0 Å². The average Bonchev–Trinajstić information content (AvgIpc) is 2.65. The summed E-state index contributed by atoms with van der Waals surface area (Å²) in [5.74, 6) is -0.632. The first-order valence-corrected chi connectivity index (χ1v) is 9.21. The maximum Gasteiger partial charge on any atom is 0.321 e. The summed E-state index contributed by atoms with van der Waals surface area (Å²) in [7, 11) is -3.72. The smallest absolute Gasteiger partial charge is 0.321 e. The van der Waals surface area contributed by atoms with E-state index in [0.29, 0.717) is 0 Å². The normalized spacial score (nSPS) is 11.4. The summed E-state index contributed by atoms with van der Waals surface area (Å²) >= 11 is 0. The minimum absolute atomic E-state index is 0.0940. The predicted molar refractivity (Wildman–Crippen MR) is 95.4 cm³/mol. The van der Waals surface area contributed by atoms with Crippen molar-refractivity contribution >= 4 is 26.8 Å². The number of nitrogens with one attached hydrogen (secondary N) is 1. The molecule has 0 atom stereocenters. The minimum atomic E-state index is -3.72. The van der Waals surface area contributed by atoms with Gasteiger partial charge in [0.05, 0.1) is 4.90 Å². The second kappa shape index (κ2) is 7.46. The molecule has 0 saturated heterocycles. The Balaban J connectivity index is 1.55. The van der Waals surface area contributed by atoms with Crippen molar-refractivity contribution in [1.82, 2.24) is 4.72 Å². The topological polar surface area (TPSA) is 72.5 Å². The van der Waals surface area contributed by atoms with Gasteiger partial charge in [0, 0.05) is 0 Å². The van der Waals surface area contributed by atoms with E-state index in [1.165, 1.54) is 12.1 Å². The number of carbonyl (C=O) groups is 1. The number of esters is 1. The van der Waals surface area contributed by atoms with Crippen LogP contribution in [-0.4, -0.2) is 20.9 Å². The maximum absolute atomic E-state index is 12.0. The lowest BCUT2D eigenvalue weighted by Crippen LogP contribution is -2.30. The molecule has 0 amide bonds. The number of ether oxygens (including phenoxy) is 1. The molecule has 25 heavy (non-hydrogen) atoms. The largest absolute Gasteiger partial charge is 0.460 e. The summed E-state index contributed by atoms with van der Waals surface area (Å²) < 4.78 is 31.5. The van der Waals surface area contributed by atoms with Gasteiger partial charge in [0.2, 0.25) is 10.0 Å². The van der Waals surface area contributed by atoms with Crippen molar-refractivity contribution in [3.63, 3.8) is 0 Å². The number of rotatable bonds is 6. The van der Waals surface area contributed by atoms with E-state index in [1.807, 2.05) is 42.5 Å². The van der Waals surface area contributed by atoms with Crippen LogP contribution in [0.3, 0.4) is 0 Å². The lowest BCUT2D eigenvalue weighted by Gasteiger charge is -2.08. The summed E-state index contributed by atoms with van der Waals surface area (Å²) in [5.41, 5.74) is 0.845. The first kappa shape index (κ1) is 17.1. The van der Waals surface area contributed by atoms with Gasteiger partial charge in [0.25, 0.3) is 0 Å². The van der Waals surface area contributed by atoms with Crippen molar-refractivity contribution in [2.24, 2.45) is 0 Å². The molecule has 0 fully saturated rings. The van der Waals surface area contributed by atoms with Crippen LogP contribution in [0.15, 0.2) is 77.7 Å². The highest BCUT2D eigenvalue weighted by atomic mass is 32.2. The van der Waals surface area contributed by atoms with E-state index < -0.39 is 22.5 Å². The molecule has 5 nitrogen and oxygen atoms in total.